The molecule has 2 aromatic rings. The van der Waals surface area contributed by atoms with Gasteiger partial charge < -0.3 is 10.5 Å². The van der Waals surface area contributed by atoms with E-state index in [1.54, 1.807) is 16.8 Å². The Hall–Kier alpha value is -1.82. The molecule has 2 rings (SSSR count). The number of halogens is 3. The van der Waals surface area contributed by atoms with Crippen molar-refractivity contribution in [2.75, 3.05) is 5.73 Å². The number of aromatic nitrogens is 2. The van der Waals surface area contributed by atoms with Gasteiger partial charge in [-0.15, -0.1) is 0 Å². The molecule has 0 aliphatic carbocycles. The van der Waals surface area contributed by atoms with E-state index in [1.807, 2.05) is 6.92 Å². The molecular formula is C14H16ClF2N3O. The van der Waals surface area contributed by atoms with Gasteiger partial charge in [-0.05, 0) is 37.5 Å². The summed E-state index contributed by atoms with van der Waals surface area (Å²) in [6.07, 6.45) is 3.09. The van der Waals surface area contributed by atoms with Crippen LogP contribution in [0.5, 0.6) is 5.75 Å². The Labute approximate surface area is 126 Å². The molecule has 0 aliphatic heterocycles. The molecule has 0 spiro atoms. The average molecular weight is 316 g/mol. The molecule has 2 N–H and O–H groups in total. The Balaban J connectivity index is 1.92. The SMILES string of the molecule is CC(CCc1ccc(OC(F)F)cc1)n1ncc(Cl)c1N. The van der Waals surface area contributed by atoms with Crippen LogP contribution in [0.25, 0.3) is 0 Å². The van der Waals surface area contributed by atoms with Crippen molar-refractivity contribution in [1.82, 2.24) is 9.78 Å². The maximum atomic E-state index is 12.0. The monoisotopic (exact) mass is 315 g/mol. The number of rotatable bonds is 6. The summed E-state index contributed by atoms with van der Waals surface area (Å²) in [5, 5.41) is 4.57. The number of hydrogen-bond acceptors (Lipinski definition) is 3. The molecule has 0 bridgehead atoms. The highest BCUT2D eigenvalue weighted by Crippen LogP contribution is 2.24. The van der Waals surface area contributed by atoms with Crippen LogP contribution in [0.15, 0.2) is 30.5 Å². The molecule has 1 aromatic carbocycles. The van der Waals surface area contributed by atoms with Gasteiger partial charge in [0.05, 0.1) is 12.2 Å². The molecule has 0 fully saturated rings. The zero-order valence-electron chi connectivity index (χ0n) is 11.5. The second-order valence-electron chi connectivity index (χ2n) is 4.73. The van der Waals surface area contributed by atoms with Gasteiger partial charge in [-0.3, -0.25) is 0 Å². The Kier molecular flexibility index (Phi) is 5.01. The molecule has 0 saturated carbocycles. The first-order valence-corrected chi connectivity index (χ1v) is 6.87. The van der Waals surface area contributed by atoms with Crippen LogP contribution in [0.3, 0.4) is 0 Å². The van der Waals surface area contributed by atoms with Crippen molar-refractivity contribution in [3.8, 4) is 5.75 Å². The summed E-state index contributed by atoms with van der Waals surface area (Å²) < 4.78 is 30.1. The summed E-state index contributed by atoms with van der Waals surface area (Å²) in [6.45, 7) is -0.808. The lowest BCUT2D eigenvalue weighted by Gasteiger charge is -2.14. The quantitative estimate of drug-likeness (QED) is 0.879. The lowest BCUT2D eigenvalue weighted by Crippen LogP contribution is -2.11. The van der Waals surface area contributed by atoms with Gasteiger partial charge in [-0.1, -0.05) is 23.7 Å². The predicted molar refractivity (Wildman–Crippen MR) is 77.8 cm³/mol. The zero-order valence-corrected chi connectivity index (χ0v) is 12.2. The first-order chi connectivity index (χ1) is 9.97. The number of hydrogen-bond donors (Lipinski definition) is 1. The summed E-state index contributed by atoms with van der Waals surface area (Å²) in [5.74, 6) is 0.606. The van der Waals surface area contributed by atoms with E-state index in [0.717, 1.165) is 18.4 Å². The van der Waals surface area contributed by atoms with Gasteiger partial charge in [0.2, 0.25) is 0 Å². The van der Waals surface area contributed by atoms with E-state index < -0.39 is 6.61 Å². The highest BCUT2D eigenvalue weighted by Gasteiger charge is 2.12. The Morgan fingerprint density at radius 3 is 2.52 bits per heavy atom. The van der Waals surface area contributed by atoms with Gasteiger partial charge in [0.15, 0.2) is 0 Å². The van der Waals surface area contributed by atoms with E-state index in [0.29, 0.717) is 10.8 Å². The summed E-state index contributed by atoms with van der Waals surface area (Å²) in [6, 6.07) is 6.69. The lowest BCUT2D eigenvalue weighted by atomic mass is 10.1. The van der Waals surface area contributed by atoms with Crippen LogP contribution in [0.2, 0.25) is 5.02 Å². The Morgan fingerprint density at radius 2 is 2.00 bits per heavy atom. The standard InChI is InChI=1S/C14H16ClF2N3O/c1-9(20-13(18)12(15)8-19-20)2-3-10-4-6-11(7-5-10)21-14(16)17/h4-9,14H,2-3,18H2,1H3. The van der Waals surface area contributed by atoms with E-state index in [-0.39, 0.29) is 11.8 Å². The van der Waals surface area contributed by atoms with E-state index in [1.165, 1.54) is 18.3 Å². The van der Waals surface area contributed by atoms with E-state index >= 15 is 0 Å². The van der Waals surface area contributed by atoms with Gasteiger partial charge in [0.1, 0.15) is 16.6 Å². The molecule has 21 heavy (non-hydrogen) atoms. The highest BCUT2D eigenvalue weighted by atomic mass is 35.5. The molecular weight excluding hydrogens is 300 g/mol. The van der Waals surface area contributed by atoms with Gasteiger partial charge >= 0.3 is 6.61 Å². The number of alkyl halides is 2. The van der Waals surface area contributed by atoms with Gasteiger partial charge in [0, 0.05) is 0 Å². The summed E-state index contributed by atoms with van der Waals surface area (Å²) in [7, 11) is 0. The number of ether oxygens (including phenoxy) is 1. The molecule has 1 atom stereocenters. The van der Waals surface area contributed by atoms with Gasteiger partial charge in [-0.2, -0.15) is 13.9 Å². The summed E-state index contributed by atoms with van der Waals surface area (Å²) >= 11 is 5.87. The average Bonchev–Trinajstić information content (AvgIpc) is 2.77. The molecule has 0 aliphatic rings. The Morgan fingerprint density at radius 1 is 1.33 bits per heavy atom. The minimum absolute atomic E-state index is 0.0921. The normalized spacial score (nSPS) is 12.6. The van der Waals surface area contributed by atoms with E-state index in [4.69, 9.17) is 17.3 Å². The fourth-order valence-electron chi connectivity index (χ4n) is 2.04. The van der Waals surface area contributed by atoms with Gasteiger partial charge in [0.25, 0.3) is 0 Å². The molecule has 1 unspecified atom stereocenters. The second-order valence-corrected chi connectivity index (χ2v) is 5.14. The first kappa shape index (κ1) is 15.6. The summed E-state index contributed by atoms with van der Waals surface area (Å²) in [5.41, 5.74) is 6.85. The van der Waals surface area contributed by atoms with Crippen LogP contribution in [-0.4, -0.2) is 16.4 Å². The zero-order chi connectivity index (χ0) is 15.4. The number of aryl methyl sites for hydroxylation is 1. The molecule has 114 valence electrons. The highest BCUT2D eigenvalue weighted by molar-refractivity contribution is 6.32. The molecule has 1 heterocycles. The number of nitrogens with two attached hydrogens (primary N) is 1. The molecule has 4 nitrogen and oxygen atoms in total. The maximum absolute atomic E-state index is 12.0. The largest absolute Gasteiger partial charge is 0.435 e. The maximum Gasteiger partial charge on any atom is 0.387 e. The van der Waals surface area contributed by atoms with Crippen molar-refractivity contribution >= 4 is 17.4 Å². The fourth-order valence-corrected chi connectivity index (χ4v) is 2.17. The predicted octanol–water partition coefficient (Wildman–Crippen LogP) is 3.91. The van der Waals surface area contributed by atoms with Crippen molar-refractivity contribution < 1.29 is 13.5 Å². The molecule has 1 aromatic heterocycles. The van der Waals surface area contributed by atoms with Crippen LogP contribution in [0, 0.1) is 0 Å². The minimum atomic E-state index is -2.80. The first-order valence-electron chi connectivity index (χ1n) is 6.49. The topological polar surface area (TPSA) is 53.1 Å². The smallest absolute Gasteiger partial charge is 0.387 e. The van der Waals surface area contributed by atoms with Crippen molar-refractivity contribution in [2.45, 2.75) is 32.4 Å². The molecule has 7 heteroatoms. The lowest BCUT2D eigenvalue weighted by molar-refractivity contribution is -0.0498. The minimum Gasteiger partial charge on any atom is -0.435 e. The molecule has 0 saturated heterocycles. The third-order valence-corrected chi connectivity index (χ3v) is 3.50. The molecule has 0 radical (unpaired) electrons. The van der Waals surface area contributed by atoms with E-state index in [9.17, 15) is 8.78 Å². The van der Waals surface area contributed by atoms with Crippen LogP contribution >= 0.6 is 11.6 Å². The Bertz CT molecular complexity index is 586. The number of nitrogen functional groups attached to an aromatic ring is 1. The fraction of sp³-hybridized carbons (Fsp3) is 0.357. The number of anilines is 1. The molecule has 0 amide bonds. The summed E-state index contributed by atoms with van der Waals surface area (Å²) in [4.78, 5) is 0. The van der Waals surface area contributed by atoms with E-state index in [2.05, 4.69) is 9.84 Å². The van der Waals surface area contributed by atoms with Crippen LogP contribution in [-0.2, 0) is 6.42 Å². The third-order valence-electron chi connectivity index (χ3n) is 3.20. The third kappa shape index (κ3) is 4.07. The van der Waals surface area contributed by atoms with Crippen molar-refractivity contribution in [3.63, 3.8) is 0 Å². The number of nitrogens with zero attached hydrogens (tertiary/aromatic N) is 2. The second kappa shape index (κ2) is 6.76. The van der Waals surface area contributed by atoms with Crippen molar-refractivity contribution in [1.29, 1.82) is 0 Å². The van der Waals surface area contributed by atoms with Gasteiger partial charge in [-0.25, -0.2) is 4.68 Å². The van der Waals surface area contributed by atoms with Crippen LogP contribution in [0.4, 0.5) is 14.6 Å². The van der Waals surface area contributed by atoms with Crippen molar-refractivity contribution in [3.05, 3.63) is 41.0 Å². The van der Waals surface area contributed by atoms with Crippen LogP contribution < -0.4 is 10.5 Å². The number of benzene rings is 1. The van der Waals surface area contributed by atoms with Crippen molar-refractivity contribution in [2.24, 2.45) is 0 Å². The van der Waals surface area contributed by atoms with Crippen LogP contribution in [0.1, 0.15) is 24.9 Å².